The predicted molar refractivity (Wildman–Crippen MR) is 115 cm³/mol. The van der Waals surface area contributed by atoms with Crippen LogP contribution in [0.3, 0.4) is 0 Å². The fraction of sp³-hybridized carbons (Fsp3) is 0.478. The molecule has 1 aliphatic rings. The molecular weight excluding hydrogens is 402 g/mol. The van der Waals surface area contributed by atoms with Gasteiger partial charge in [0.25, 0.3) is 0 Å². The van der Waals surface area contributed by atoms with E-state index in [1.54, 1.807) is 11.0 Å². The molecule has 0 radical (unpaired) electrons. The highest BCUT2D eigenvalue weighted by molar-refractivity contribution is 5.74. The first kappa shape index (κ1) is 22.9. The van der Waals surface area contributed by atoms with Crippen LogP contribution in [-0.2, 0) is 13.1 Å². The third-order valence-electron chi connectivity index (χ3n) is 5.03. The van der Waals surface area contributed by atoms with Gasteiger partial charge in [-0.15, -0.1) is 0 Å². The SMILES string of the molecule is CC(C)COc1ccc(CN(Cc2ccc(F)cn2)C(=O)N[C@@H]2CCNC[C@@H]2F)cc1. The number of urea groups is 1. The minimum Gasteiger partial charge on any atom is -0.493 e. The Kier molecular flexibility index (Phi) is 8.17. The second kappa shape index (κ2) is 11.0. The van der Waals surface area contributed by atoms with Gasteiger partial charge in [-0.25, -0.2) is 13.6 Å². The number of alkyl halides is 1. The summed E-state index contributed by atoms with van der Waals surface area (Å²) in [7, 11) is 0. The number of nitrogens with zero attached hydrogens (tertiary/aromatic N) is 2. The lowest BCUT2D eigenvalue weighted by atomic mass is 10.1. The normalized spacial score (nSPS) is 18.6. The molecule has 1 aliphatic heterocycles. The number of aromatic nitrogens is 1. The number of benzene rings is 1. The van der Waals surface area contributed by atoms with Crippen molar-refractivity contribution in [3.63, 3.8) is 0 Å². The summed E-state index contributed by atoms with van der Waals surface area (Å²) in [5.74, 6) is 0.756. The molecule has 0 spiro atoms. The van der Waals surface area contributed by atoms with E-state index in [1.165, 1.54) is 6.07 Å². The van der Waals surface area contributed by atoms with Gasteiger partial charge in [-0.2, -0.15) is 0 Å². The molecule has 0 unspecified atom stereocenters. The number of halogens is 2. The van der Waals surface area contributed by atoms with Gasteiger partial charge in [-0.1, -0.05) is 26.0 Å². The van der Waals surface area contributed by atoms with Crippen LogP contribution in [0.5, 0.6) is 5.75 Å². The summed E-state index contributed by atoms with van der Waals surface area (Å²) in [6.45, 7) is 6.16. The van der Waals surface area contributed by atoms with Crippen molar-refractivity contribution >= 4 is 6.03 Å². The van der Waals surface area contributed by atoms with Crippen LogP contribution in [0, 0.1) is 11.7 Å². The van der Waals surface area contributed by atoms with Crippen molar-refractivity contribution in [1.82, 2.24) is 20.5 Å². The van der Waals surface area contributed by atoms with Gasteiger partial charge >= 0.3 is 6.03 Å². The van der Waals surface area contributed by atoms with Crippen LogP contribution in [0.4, 0.5) is 13.6 Å². The van der Waals surface area contributed by atoms with E-state index in [1.807, 2.05) is 24.3 Å². The first-order valence-electron chi connectivity index (χ1n) is 10.6. The molecule has 1 saturated heterocycles. The molecule has 2 atom stereocenters. The molecule has 6 nitrogen and oxygen atoms in total. The molecule has 8 heteroatoms. The number of piperidine rings is 1. The van der Waals surface area contributed by atoms with Gasteiger partial charge in [0, 0.05) is 13.1 Å². The lowest BCUT2D eigenvalue weighted by Gasteiger charge is -2.31. The average molecular weight is 433 g/mol. The van der Waals surface area contributed by atoms with Crippen LogP contribution in [0.25, 0.3) is 0 Å². The van der Waals surface area contributed by atoms with Crippen molar-refractivity contribution in [3.8, 4) is 5.75 Å². The average Bonchev–Trinajstić information content (AvgIpc) is 2.76. The van der Waals surface area contributed by atoms with E-state index in [9.17, 15) is 13.6 Å². The highest BCUT2D eigenvalue weighted by Crippen LogP contribution is 2.17. The zero-order valence-corrected chi connectivity index (χ0v) is 18.0. The molecule has 2 amide bonds. The molecule has 1 aromatic heterocycles. The Hall–Kier alpha value is -2.74. The molecule has 2 N–H and O–H groups in total. The fourth-order valence-corrected chi connectivity index (χ4v) is 3.30. The van der Waals surface area contributed by atoms with Gasteiger partial charge in [0.1, 0.15) is 17.7 Å². The topological polar surface area (TPSA) is 66.5 Å². The van der Waals surface area contributed by atoms with Crippen molar-refractivity contribution in [2.45, 2.75) is 45.6 Å². The Balaban J connectivity index is 1.70. The van der Waals surface area contributed by atoms with Crippen LogP contribution in [-0.4, -0.2) is 47.8 Å². The molecule has 2 heterocycles. The summed E-state index contributed by atoms with van der Waals surface area (Å²) in [5, 5.41) is 5.79. The summed E-state index contributed by atoms with van der Waals surface area (Å²) >= 11 is 0. The van der Waals surface area contributed by atoms with E-state index >= 15 is 0 Å². The lowest BCUT2D eigenvalue weighted by Crippen LogP contribution is -2.53. The van der Waals surface area contributed by atoms with Gasteiger partial charge in [-0.3, -0.25) is 4.98 Å². The number of ether oxygens (including phenoxy) is 1. The predicted octanol–water partition coefficient (Wildman–Crippen LogP) is 3.67. The fourth-order valence-electron chi connectivity index (χ4n) is 3.30. The number of hydrogen-bond donors (Lipinski definition) is 2. The molecule has 168 valence electrons. The Bertz CT molecular complexity index is 830. The maximum absolute atomic E-state index is 14.2. The molecule has 0 bridgehead atoms. The number of rotatable bonds is 8. The highest BCUT2D eigenvalue weighted by atomic mass is 19.1. The van der Waals surface area contributed by atoms with Gasteiger partial charge in [0.15, 0.2) is 0 Å². The van der Waals surface area contributed by atoms with E-state index in [4.69, 9.17) is 4.74 Å². The molecule has 3 rings (SSSR count). The molecular formula is C23H30F2N4O2. The van der Waals surface area contributed by atoms with E-state index in [0.717, 1.165) is 17.5 Å². The van der Waals surface area contributed by atoms with Crippen molar-refractivity contribution in [1.29, 1.82) is 0 Å². The summed E-state index contributed by atoms with van der Waals surface area (Å²) < 4.78 is 33.1. The maximum atomic E-state index is 14.2. The Morgan fingerprint density at radius 3 is 2.68 bits per heavy atom. The summed E-state index contributed by atoms with van der Waals surface area (Å²) in [5.41, 5.74) is 1.45. The molecule has 0 aliphatic carbocycles. The van der Waals surface area contributed by atoms with E-state index < -0.39 is 18.0 Å². The first-order valence-corrected chi connectivity index (χ1v) is 10.6. The largest absolute Gasteiger partial charge is 0.493 e. The van der Waals surface area contributed by atoms with Crippen molar-refractivity contribution in [2.75, 3.05) is 19.7 Å². The molecule has 1 fully saturated rings. The molecule has 2 aromatic rings. The Labute approximate surface area is 182 Å². The number of carbonyl (C=O) groups is 1. The summed E-state index contributed by atoms with van der Waals surface area (Å²) in [6.07, 6.45) is 0.509. The second-order valence-electron chi connectivity index (χ2n) is 8.24. The summed E-state index contributed by atoms with van der Waals surface area (Å²) in [4.78, 5) is 18.6. The van der Waals surface area contributed by atoms with Crippen molar-refractivity contribution in [3.05, 3.63) is 59.7 Å². The van der Waals surface area contributed by atoms with Crippen LogP contribution < -0.4 is 15.4 Å². The monoisotopic (exact) mass is 432 g/mol. The van der Waals surface area contributed by atoms with E-state index in [-0.39, 0.29) is 19.1 Å². The van der Waals surface area contributed by atoms with Crippen LogP contribution in [0.2, 0.25) is 0 Å². The zero-order chi connectivity index (χ0) is 22.2. The van der Waals surface area contributed by atoms with Crippen LogP contribution >= 0.6 is 0 Å². The van der Waals surface area contributed by atoms with Gasteiger partial charge < -0.3 is 20.3 Å². The number of pyridine rings is 1. The van der Waals surface area contributed by atoms with Gasteiger partial charge in [0.05, 0.1) is 31.1 Å². The smallest absolute Gasteiger partial charge is 0.318 e. The number of amides is 2. The maximum Gasteiger partial charge on any atom is 0.318 e. The molecule has 31 heavy (non-hydrogen) atoms. The van der Waals surface area contributed by atoms with Crippen LogP contribution in [0.15, 0.2) is 42.6 Å². The van der Waals surface area contributed by atoms with Gasteiger partial charge in [-0.05, 0) is 48.7 Å². The van der Waals surface area contributed by atoms with Crippen molar-refractivity contribution in [2.24, 2.45) is 5.92 Å². The quantitative estimate of drug-likeness (QED) is 0.668. The van der Waals surface area contributed by atoms with E-state index in [2.05, 4.69) is 29.5 Å². The second-order valence-corrected chi connectivity index (χ2v) is 8.24. The molecule has 0 saturated carbocycles. The lowest BCUT2D eigenvalue weighted by molar-refractivity contribution is 0.163. The van der Waals surface area contributed by atoms with Gasteiger partial charge in [0.2, 0.25) is 0 Å². The minimum absolute atomic E-state index is 0.180. The first-order chi connectivity index (χ1) is 14.9. The minimum atomic E-state index is -1.14. The standard InChI is InChI=1S/C23H30F2N4O2/c1-16(2)15-31-20-7-3-17(4-8-20)13-29(14-19-6-5-18(24)11-27-19)23(30)28-22-9-10-26-12-21(22)25/h3-8,11,16,21-22,26H,9-10,12-15H2,1-2H3,(H,28,30)/t21-,22+/m0/s1. The molecule has 1 aromatic carbocycles. The zero-order valence-electron chi connectivity index (χ0n) is 18.0. The Morgan fingerprint density at radius 2 is 2.03 bits per heavy atom. The Morgan fingerprint density at radius 1 is 1.26 bits per heavy atom. The van der Waals surface area contributed by atoms with E-state index in [0.29, 0.717) is 37.7 Å². The number of hydrogen-bond acceptors (Lipinski definition) is 4. The highest BCUT2D eigenvalue weighted by Gasteiger charge is 2.28. The van der Waals surface area contributed by atoms with Crippen molar-refractivity contribution < 1.29 is 18.3 Å². The third-order valence-corrected chi connectivity index (χ3v) is 5.03. The number of nitrogens with one attached hydrogen (secondary N) is 2. The summed E-state index contributed by atoms with van der Waals surface area (Å²) in [6, 6.07) is 9.48. The third kappa shape index (κ3) is 7.17. The number of carbonyl (C=O) groups excluding carboxylic acids is 1. The van der Waals surface area contributed by atoms with Crippen LogP contribution in [0.1, 0.15) is 31.5 Å².